The van der Waals surface area contributed by atoms with E-state index in [1.807, 2.05) is 0 Å². The van der Waals surface area contributed by atoms with Crippen LogP contribution in [0.15, 0.2) is 0 Å². The van der Waals surface area contributed by atoms with E-state index in [1.165, 1.54) is 12.8 Å². The van der Waals surface area contributed by atoms with Gasteiger partial charge in [-0.2, -0.15) is 0 Å². The lowest BCUT2D eigenvalue weighted by Gasteiger charge is -2.37. The van der Waals surface area contributed by atoms with Crippen LogP contribution in [0.25, 0.3) is 0 Å². The van der Waals surface area contributed by atoms with Crippen molar-refractivity contribution in [2.75, 3.05) is 25.7 Å². The van der Waals surface area contributed by atoms with Gasteiger partial charge in [0.2, 0.25) is 0 Å². The topological polar surface area (TPSA) is 18.5 Å². The Hall–Kier alpha value is 0.400. The fraction of sp³-hybridized carbons (Fsp3) is 1.00. The second-order valence-corrected chi connectivity index (χ2v) is 4.60. The van der Waals surface area contributed by atoms with Gasteiger partial charge >= 0.3 is 0 Å². The summed E-state index contributed by atoms with van der Waals surface area (Å²) in [5.74, 6) is 0. The monoisotopic (exact) mass is 250 g/mol. The van der Waals surface area contributed by atoms with E-state index < -0.39 is 0 Å². The van der Waals surface area contributed by atoms with Crippen LogP contribution in [0.5, 0.6) is 0 Å². The molecule has 2 nitrogen and oxygen atoms in total. The maximum Gasteiger partial charge on any atom is 0.0549 e. The summed E-state index contributed by atoms with van der Waals surface area (Å²) in [6, 6.07) is 0. The number of halogens is 1. The Morgan fingerprint density at radius 2 is 2.38 bits per heavy atom. The molecule has 2 atom stereocenters. The van der Waals surface area contributed by atoms with Gasteiger partial charge in [-0.15, -0.1) is 0 Å². The van der Waals surface area contributed by atoms with Gasteiger partial charge in [0.25, 0.3) is 0 Å². The highest BCUT2D eigenvalue weighted by Gasteiger charge is 2.33. The molecule has 0 spiro atoms. The summed E-state index contributed by atoms with van der Waals surface area (Å²) in [7, 11) is 1.77. The second-order valence-electron chi connectivity index (χ2n) is 4.04. The molecule has 1 aliphatic heterocycles. The lowest BCUT2D eigenvalue weighted by molar-refractivity contribution is -0.0264. The van der Waals surface area contributed by atoms with E-state index in [2.05, 4.69) is 22.9 Å². The predicted octanol–water partition coefficient (Wildman–Crippen LogP) is 2.60. The molecule has 1 saturated heterocycles. The molecule has 1 rings (SSSR count). The minimum absolute atomic E-state index is 0.313. The van der Waals surface area contributed by atoms with Gasteiger partial charge in [-0.3, -0.25) is 0 Å². The maximum atomic E-state index is 5.54. The molecule has 0 bridgehead atoms. The minimum Gasteiger partial charge on any atom is -0.382 e. The van der Waals surface area contributed by atoms with E-state index in [1.54, 1.807) is 7.11 Å². The average molecular weight is 251 g/mol. The molecular weight excluding hydrogens is 232 g/mol. The zero-order valence-electron chi connectivity index (χ0n) is 8.51. The van der Waals surface area contributed by atoms with Crippen LogP contribution in [0.1, 0.15) is 26.2 Å². The zero-order chi connectivity index (χ0) is 9.73. The third-order valence-corrected chi connectivity index (χ3v) is 4.00. The number of hydrogen-bond donors (Lipinski definition) is 0. The largest absolute Gasteiger partial charge is 0.382 e. The fourth-order valence-electron chi connectivity index (χ4n) is 1.92. The highest BCUT2D eigenvalue weighted by atomic mass is 79.9. The van der Waals surface area contributed by atoms with Crippen molar-refractivity contribution in [3.63, 3.8) is 0 Å². The van der Waals surface area contributed by atoms with E-state index in [9.17, 15) is 0 Å². The quantitative estimate of drug-likeness (QED) is 0.715. The Balaban J connectivity index is 2.47. The van der Waals surface area contributed by atoms with E-state index >= 15 is 0 Å². The summed E-state index contributed by atoms with van der Waals surface area (Å²) in [5.41, 5.74) is 0.313. The number of hydrogen-bond acceptors (Lipinski definition) is 2. The zero-order valence-corrected chi connectivity index (χ0v) is 10.1. The molecule has 0 saturated carbocycles. The Morgan fingerprint density at radius 3 is 2.85 bits per heavy atom. The van der Waals surface area contributed by atoms with Crippen molar-refractivity contribution in [2.24, 2.45) is 5.41 Å². The van der Waals surface area contributed by atoms with Gasteiger partial charge in [0.1, 0.15) is 0 Å². The molecule has 0 aliphatic carbocycles. The molecule has 2 unspecified atom stereocenters. The Morgan fingerprint density at radius 1 is 1.62 bits per heavy atom. The Kier molecular flexibility index (Phi) is 4.70. The molecular formula is C10H19BrO2. The van der Waals surface area contributed by atoms with Crippen molar-refractivity contribution in [1.82, 2.24) is 0 Å². The molecule has 1 aliphatic rings. The first-order valence-electron chi connectivity index (χ1n) is 4.89. The third kappa shape index (κ3) is 3.22. The van der Waals surface area contributed by atoms with Crippen LogP contribution in [-0.2, 0) is 9.47 Å². The highest BCUT2D eigenvalue weighted by molar-refractivity contribution is 9.09. The fourth-order valence-corrected chi connectivity index (χ4v) is 2.60. The minimum atomic E-state index is 0.313. The molecule has 0 aromatic carbocycles. The van der Waals surface area contributed by atoms with Gasteiger partial charge in [-0.1, -0.05) is 15.9 Å². The first kappa shape index (κ1) is 11.5. The smallest absolute Gasteiger partial charge is 0.0549 e. The SMILES string of the molecule is COC(C)CC1(CBr)CCCOC1. The maximum absolute atomic E-state index is 5.54. The lowest BCUT2D eigenvalue weighted by Crippen LogP contribution is -2.36. The normalized spacial score (nSPS) is 31.6. The Labute approximate surface area is 89.1 Å². The molecule has 0 N–H and O–H groups in total. The van der Waals surface area contributed by atoms with Crippen molar-refractivity contribution in [3.8, 4) is 0 Å². The number of alkyl halides is 1. The van der Waals surface area contributed by atoms with E-state index in [4.69, 9.17) is 9.47 Å². The molecule has 3 heteroatoms. The molecule has 1 heterocycles. The summed E-state index contributed by atoms with van der Waals surface area (Å²) in [6.07, 6.45) is 3.86. The average Bonchev–Trinajstić information content (AvgIpc) is 2.19. The van der Waals surface area contributed by atoms with Crippen LogP contribution < -0.4 is 0 Å². The molecule has 13 heavy (non-hydrogen) atoms. The Bertz CT molecular complexity index is 144. The van der Waals surface area contributed by atoms with Gasteiger partial charge in [0.05, 0.1) is 12.7 Å². The van der Waals surface area contributed by atoms with Gasteiger partial charge in [0.15, 0.2) is 0 Å². The molecule has 0 aromatic rings. The summed E-state index contributed by atoms with van der Waals surface area (Å²) < 4.78 is 10.8. The molecule has 0 amide bonds. The molecule has 0 aromatic heterocycles. The van der Waals surface area contributed by atoms with Crippen LogP contribution in [0.2, 0.25) is 0 Å². The summed E-state index contributed by atoms with van der Waals surface area (Å²) in [5, 5.41) is 1.02. The third-order valence-electron chi connectivity index (χ3n) is 2.81. The first-order valence-corrected chi connectivity index (χ1v) is 6.01. The van der Waals surface area contributed by atoms with Crippen LogP contribution in [0, 0.1) is 5.41 Å². The van der Waals surface area contributed by atoms with Gasteiger partial charge < -0.3 is 9.47 Å². The number of ether oxygens (including phenoxy) is 2. The summed E-state index contributed by atoms with van der Waals surface area (Å²) in [4.78, 5) is 0. The predicted molar refractivity (Wildman–Crippen MR) is 57.4 cm³/mol. The molecule has 1 fully saturated rings. The van der Waals surface area contributed by atoms with Gasteiger partial charge in [-0.25, -0.2) is 0 Å². The van der Waals surface area contributed by atoms with Crippen molar-refractivity contribution in [1.29, 1.82) is 0 Å². The van der Waals surface area contributed by atoms with E-state index in [0.717, 1.165) is 25.0 Å². The van der Waals surface area contributed by atoms with Crippen molar-refractivity contribution < 1.29 is 9.47 Å². The second kappa shape index (κ2) is 5.32. The van der Waals surface area contributed by atoms with Crippen LogP contribution in [0.3, 0.4) is 0 Å². The summed E-state index contributed by atoms with van der Waals surface area (Å²) >= 11 is 3.59. The van der Waals surface area contributed by atoms with Crippen LogP contribution in [-0.4, -0.2) is 31.8 Å². The van der Waals surface area contributed by atoms with Crippen LogP contribution in [0.4, 0.5) is 0 Å². The molecule has 78 valence electrons. The van der Waals surface area contributed by atoms with Crippen molar-refractivity contribution in [2.45, 2.75) is 32.3 Å². The highest BCUT2D eigenvalue weighted by Crippen LogP contribution is 2.35. The van der Waals surface area contributed by atoms with Crippen LogP contribution >= 0.6 is 15.9 Å². The summed E-state index contributed by atoms with van der Waals surface area (Å²) in [6.45, 7) is 3.93. The lowest BCUT2D eigenvalue weighted by atomic mass is 9.80. The standard InChI is InChI=1S/C10H19BrO2/c1-9(12-2)6-10(7-11)4-3-5-13-8-10/h9H,3-8H2,1-2H3. The van der Waals surface area contributed by atoms with E-state index in [0.29, 0.717) is 11.5 Å². The van der Waals surface area contributed by atoms with Crippen molar-refractivity contribution >= 4 is 15.9 Å². The van der Waals surface area contributed by atoms with Gasteiger partial charge in [0, 0.05) is 24.5 Å². The first-order chi connectivity index (χ1) is 6.22. The molecule has 0 radical (unpaired) electrons. The van der Waals surface area contributed by atoms with E-state index in [-0.39, 0.29) is 0 Å². The number of rotatable bonds is 4. The number of methoxy groups -OCH3 is 1. The van der Waals surface area contributed by atoms with Gasteiger partial charge in [-0.05, 0) is 26.2 Å². The van der Waals surface area contributed by atoms with Crippen molar-refractivity contribution in [3.05, 3.63) is 0 Å².